The second-order valence-corrected chi connectivity index (χ2v) is 8.80. The highest BCUT2D eigenvalue weighted by Crippen LogP contribution is 2.38. The second kappa shape index (κ2) is 9.18. The van der Waals surface area contributed by atoms with Gasteiger partial charge in [0.25, 0.3) is 5.89 Å². The molecule has 1 unspecified atom stereocenters. The van der Waals surface area contributed by atoms with E-state index in [-0.39, 0.29) is 17.7 Å². The van der Waals surface area contributed by atoms with Gasteiger partial charge in [-0.25, -0.2) is 9.18 Å². The first-order valence-corrected chi connectivity index (χ1v) is 11.4. The van der Waals surface area contributed by atoms with E-state index in [1.54, 1.807) is 17.0 Å². The lowest BCUT2D eigenvalue weighted by Crippen LogP contribution is -2.45. The molecule has 1 aliphatic heterocycles. The number of aryl methyl sites for hydroxylation is 2. The number of carbonyl (C=O) groups excluding carboxylic acids is 1. The van der Waals surface area contributed by atoms with Crippen LogP contribution in [0.3, 0.4) is 0 Å². The normalized spacial score (nSPS) is 15.9. The molecule has 1 N–H and O–H groups in total. The summed E-state index contributed by atoms with van der Waals surface area (Å²) in [6.45, 7) is 6.25. The largest absolute Gasteiger partial charge is 0.334 e. The summed E-state index contributed by atoms with van der Waals surface area (Å²) in [4.78, 5) is 19.5. The Morgan fingerprint density at radius 3 is 2.34 bits per heavy atom. The summed E-state index contributed by atoms with van der Waals surface area (Å²) >= 11 is 0. The minimum atomic E-state index is -0.640. The van der Waals surface area contributed by atoms with Gasteiger partial charge in [-0.05, 0) is 44.0 Å². The predicted molar refractivity (Wildman–Crippen MR) is 131 cm³/mol. The van der Waals surface area contributed by atoms with Crippen molar-refractivity contribution < 1.29 is 13.7 Å². The van der Waals surface area contributed by atoms with Gasteiger partial charge in [-0.2, -0.15) is 4.98 Å². The number of benzene rings is 3. The molecule has 4 aromatic rings. The van der Waals surface area contributed by atoms with Crippen LogP contribution in [0.2, 0.25) is 0 Å². The SMILES string of the molecule is CC1=C(c2nc(-c3ccc(C)cc3)no2)C(c2cccc(F)c2)NC(=O)N1Cc1ccc(C)cc1. The third-order valence-electron chi connectivity index (χ3n) is 6.21. The van der Waals surface area contributed by atoms with Crippen LogP contribution in [-0.4, -0.2) is 21.1 Å². The van der Waals surface area contributed by atoms with Crippen molar-refractivity contribution in [2.45, 2.75) is 33.4 Å². The Morgan fingerprint density at radius 1 is 0.971 bits per heavy atom. The number of carbonyl (C=O) groups is 1. The highest BCUT2D eigenvalue weighted by Gasteiger charge is 2.36. The first-order chi connectivity index (χ1) is 16.9. The Morgan fingerprint density at radius 2 is 1.66 bits per heavy atom. The van der Waals surface area contributed by atoms with Crippen molar-refractivity contribution in [2.75, 3.05) is 0 Å². The second-order valence-electron chi connectivity index (χ2n) is 8.80. The highest BCUT2D eigenvalue weighted by atomic mass is 19.1. The predicted octanol–water partition coefficient (Wildman–Crippen LogP) is 6.19. The van der Waals surface area contributed by atoms with Crippen LogP contribution in [0.5, 0.6) is 0 Å². The van der Waals surface area contributed by atoms with Crippen molar-refractivity contribution in [3.8, 4) is 11.4 Å². The van der Waals surface area contributed by atoms with Gasteiger partial charge < -0.3 is 9.84 Å². The van der Waals surface area contributed by atoms with Crippen LogP contribution in [0, 0.1) is 19.7 Å². The zero-order chi connectivity index (χ0) is 24.5. The molecule has 176 valence electrons. The van der Waals surface area contributed by atoms with E-state index in [0.29, 0.717) is 29.2 Å². The zero-order valence-electron chi connectivity index (χ0n) is 19.7. The number of halogens is 1. The first-order valence-electron chi connectivity index (χ1n) is 11.4. The minimum absolute atomic E-state index is 0.278. The number of hydrogen-bond acceptors (Lipinski definition) is 4. The lowest BCUT2D eigenvalue weighted by Gasteiger charge is -2.35. The molecule has 0 saturated heterocycles. The summed E-state index contributed by atoms with van der Waals surface area (Å²) in [6.07, 6.45) is 0. The molecule has 6 nitrogen and oxygen atoms in total. The van der Waals surface area contributed by atoms with Crippen molar-refractivity contribution in [3.63, 3.8) is 0 Å². The Kier molecular flexibility index (Phi) is 5.91. The number of nitrogens with one attached hydrogen (secondary N) is 1. The monoisotopic (exact) mass is 468 g/mol. The third kappa shape index (κ3) is 4.57. The Balaban J connectivity index is 1.59. The van der Waals surface area contributed by atoms with E-state index in [9.17, 15) is 9.18 Å². The molecule has 0 aliphatic carbocycles. The fourth-order valence-electron chi connectivity index (χ4n) is 4.21. The van der Waals surface area contributed by atoms with Crippen LogP contribution in [-0.2, 0) is 6.54 Å². The van der Waals surface area contributed by atoms with E-state index in [2.05, 4.69) is 15.5 Å². The number of hydrogen-bond donors (Lipinski definition) is 1. The fraction of sp³-hybridized carbons (Fsp3) is 0.179. The summed E-state index contributed by atoms with van der Waals surface area (Å²) in [5.74, 6) is 0.336. The van der Waals surface area contributed by atoms with Gasteiger partial charge >= 0.3 is 6.03 Å². The van der Waals surface area contributed by atoms with Gasteiger partial charge in [0.05, 0.1) is 18.2 Å². The molecular formula is C28H25FN4O2. The van der Waals surface area contributed by atoms with Crippen molar-refractivity contribution in [1.29, 1.82) is 0 Å². The van der Waals surface area contributed by atoms with Gasteiger partial charge in [-0.15, -0.1) is 0 Å². The number of urea groups is 1. The summed E-state index contributed by atoms with van der Waals surface area (Å²) in [5, 5.41) is 7.20. The van der Waals surface area contributed by atoms with Gasteiger partial charge in [0, 0.05) is 11.3 Å². The van der Waals surface area contributed by atoms with E-state index in [1.807, 2.05) is 69.3 Å². The molecule has 1 aromatic heterocycles. The van der Waals surface area contributed by atoms with Gasteiger partial charge in [0.1, 0.15) is 5.82 Å². The van der Waals surface area contributed by atoms with Crippen LogP contribution in [0.1, 0.15) is 41.1 Å². The molecule has 2 heterocycles. The van der Waals surface area contributed by atoms with Gasteiger partial charge in [-0.1, -0.05) is 76.9 Å². The van der Waals surface area contributed by atoms with Crippen molar-refractivity contribution in [3.05, 3.63) is 112 Å². The number of amides is 2. The van der Waals surface area contributed by atoms with E-state index in [4.69, 9.17) is 4.52 Å². The molecule has 2 amide bonds. The third-order valence-corrected chi connectivity index (χ3v) is 6.21. The maximum atomic E-state index is 14.1. The van der Waals surface area contributed by atoms with Gasteiger partial charge in [0.2, 0.25) is 5.82 Å². The summed E-state index contributed by atoms with van der Waals surface area (Å²) in [6, 6.07) is 21.1. The first kappa shape index (κ1) is 22.5. The molecule has 1 aliphatic rings. The van der Waals surface area contributed by atoms with Gasteiger partial charge in [-0.3, -0.25) is 4.90 Å². The molecule has 0 fully saturated rings. The molecule has 3 aromatic carbocycles. The topological polar surface area (TPSA) is 71.3 Å². The Bertz CT molecular complexity index is 1410. The minimum Gasteiger partial charge on any atom is -0.334 e. The summed E-state index contributed by atoms with van der Waals surface area (Å²) < 4.78 is 19.8. The number of nitrogens with zero attached hydrogens (tertiary/aromatic N) is 3. The maximum Gasteiger partial charge on any atom is 0.322 e. The van der Waals surface area contributed by atoms with Crippen LogP contribution in [0.15, 0.2) is 83.0 Å². The molecule has 35 heavy (non-hydrogen) atoms. The van der Waals surface area contributed by atoms with E-state index in [1.165, 1.54) is 12.1 Å². The van der Waals surface area contributed by atoms with Crippen molar-refractivity contribution in [1.82, 2.24) is 20.4 Å². The van der Waals surface area contributed by atoms with Gasteiger partial charge in [0.15, 0.2) is 0 Å². The highest BCUT2D eigenvalue weighted by molar-refractivity contribution is 5.86. The lowest BCUT2D eigenvalue weighted by molar-refractivity contribution is 0.203. The number of aromatic nitrogens is 2. The fourth-order valence-corrected chi connectivity index (χ4v) is 4.21. The maximum absolute atomic E-state index is 14.1. The molecule has 0 radical (unpaired) electrons. The van der Waals surface area contributed by atoms with Crippen molar-refractivity contribution >= 4 is 11.6 Å². The molecule has 7 heteroatoms. The van der Waals surface area contributed by atoms with Crippen molar-refractivity contribution in [2.24, 2.45) is 0 Å². The van der Waals surface area contributed by atoms with Crippen LogP contribution in [0.25, 0.3) is 17.0 Å². The lowest BCUT2D eigenvalue weighted by atomic mass is 9.94. The molecule has 1 atom stereocenters. The quantitative estimate of drug-likeness (QED) is 0.379. The molecular weight excluding hydrogens is 443 g/mol. The Hall–Kier alpha value is -4.26. The van der Waals surface area contributed by atoms with Crippen LogP contribution < -0.4 is 5.32 Å². The number of rotatable bonds is 5. The summed E-state index contributed by atoms with van der Waals surface area (Å²) in [5.41, 5.74) is 5.98. The smallest absolute Gasteiger partial charge is 0.322 e. The molecule has 0 spiro atoms. The Labute approximate surface area is 203 Å². The number of allylic oxidation sites excluding steroid dienone is 1. The van der Waals surface area contributed by atoms with E-state index >= 15 is 0 Å². The summed E-state index contributed by atoms with van der Waals surface area (Å²) in [7, 11) is 0. The average Bonchev–Trinajstić information content (AvgIpc) is 3.33. The molecule has 5 rings (SSSR count). The molecule has 0 bridgehead atoms. The van der Waals surface area contributed by atoms with E-state index < -0.39 is 6.04 Å². The van der Waals surface area contributed by atoms with Crippen LogP contribution >= 0.6 is 0 Å². The zero-order valence-corrected chi connectivity index (χ0v) is 19.7. The van der Waals surface area contributed by atoms with Crippen LogP contribution in [0.4, 0.5) is 9.18 Å². The average molecular weight is 469 g/mol. The van der Waals surface area contributed by atoms with E-state index in [0.717, 1.165) is 22.3 Å². The molecule has 0 saturated carbocycles. The standard InChI is InChI=1S/C28H25FN4O2/c1-17-7-11-20(12-8-17)16-33-19(3)24(25(30-28(33)34)22-5-4-6-23(29)15-22)27-31-26(32-35-27)21-13-9-18(2)10-14-21/h4-15,25H,16H2,1-3H3,(H,30,34).